The number of para-hydroxylation sites is 1. The fraction of sp³-hybridized carbons (Fsp3) is 0.652. The van der Waals surface area contributed by atoms with E-state index in [9.17, 15) is 18.0 Å². The zero-order valence-corrected chi connectivity index (χ0v) is 19.3. The molecule has 3 N–H and O–H groups in total. The van der Waals surface area contributed by atoms with E-state index in [-0.39, 0.29) is 42.2 Å². The Balaban J connectivity index is 1.29. The highest BCUT2D eigenvalue weighted by molar-refractivity contribution is 7.90. The van der Waals surface area contributed by atoms with Gasteiger partial charge in [0.15, 0.2) is 0 Å². The topological polar surface area (TPSA) is 113 Å². The number of hydrogen-bond donors (Lipinski definition) is 2. The molecule has 5 aliphatic rings. The van der Waals surface area contributed by atoms with Gasteiger partial charge in [0.1, 0.15) is 0 Å². The number of nitrogens with two attached hydrogens (primary N) is 1. The lowest BCUT2D eigenvalue weighted by molar-refractivity contribution is -0.147. The molecule has 6 rings (SSSR count). The second kappa shape index (κ2) is 7.73. The van der Waals surface area contributed by atoms with Gasteiger partial charge in [0.2, 0.25) is 11.8 Å². The summed E-state index contributed by atoms with van der Waals surface area (Å²) in [6, 6.07) is 9.02. The lowest BCUT2D eigenvalue weighted by atomic mass is 9.47. The Labute approximate surface area is 189 Å². The van der Waals surface area contributed by atoms with Crippen molar-refractivity contribution in [2.75, 3.05) is 23.9 Å². The number of hydrogen-bond acceptors (Lipinski definition) is 4. The van der Waals surface area contributed by atoms with Gasteiger partial charge in [-0.2, -0.15) is 12.7 Å². The van der Waals surface area contributed by atoms with Crippen molar-refractivity contribution in [3.05, 3.63) is 30.3 Å². The van der Waals surface area contributed by atoms with Gasteiger partial charge in [0, 0.05) is 24.5 Å². The quantitative estimate of drug-likeness (QED) is 0.693. The van der Waals surface area contributed by atoms with Gasteiger partial charge in [0.05, 0.1) is 12.2 Å². The van der Waals surface area contributed by atoms with Crippen molar-refractivity contribution in [1.29, 1.82) is 0 Å². The van der Waals surface area contributed by atoms with Crippen LogP contribution in [0.2, 0.25) is 0 Å². The normalized spacial score (nSPS) is 37.9. The van der Waals surface area contributed by atoms with Crippen LogP contribution in [0.3, 0.4) is 0 Å². The zero-order chi connectivity index (χ0) is 22.7. The summed E-state index contributed by atoms with van der Waals surface area (Å²) in [6.45, 7) is 2.53. The lowest BCUT2D eigenvalue weighted by Gasteiger charge is -2.58. The van der Waals surface area contributed by atoms with E-state index in [0.29, 0.717) is 24.7 Å². The van der Waals surface area contributed by atoms with Crippen LogP contribution in [0.5, 0.6) is 0 Å². The standard InChI is InChI=1S/C23H32N4O4S/c1-15-12-26(32(30,31)27(13-15)19-5-3-2-4-6-19)14-20(28)25-21-17-7-16-8-18(21)11-23(9-16,10-17)22(24)29/h2-6,15-18,21H,7-14H2,1H3,(H2,24,29)(H,25,28). The minimum atomic E-state index is -3.78. The van der Waals surface area contributed by atoms with Crippen molar-refractivity contribution in [3.63, 3.8) is 0 Å². The first kappa shape index (κ1) is 21.7. The largest absolute Gasteiger partial charge is 0.369 e. The molecular formula is C23H32N4O4S. The number of anilines is 1. The first-order valence-corrected chi connectivity index (χ1v) is 13.0. The summed E-state index contributed by atoms with van der Waals surface area (Å²) < 4.78 is 29.2. The molecule has 1 aliphatic heterocycles. The maximum atomic E-state index is 13.3. The molecule has 1 aromatic carbocycles. The van der Waals surface area contributed by atoms with Gasteiger partial charge in [0.25, 0.3) is 0 Å². The van der Waals surface area contributed by atoms with E-state index >= 15 is 0 Å². The molecule has 32 heavy (non-hydrogen) atoms. The maximum absolute atomic E-state index is 13.3. The smallest absolute Gasteiger partial charge is 0.304 e. The number of nitrogens with one attached hydrogen (secondary N) is 1. The van der Waals surface area contributed by atoms with Gasteiger partial charge in [-0.3, -0.25) is 13.9 Å². The van der Waals surface area contributed by atoms with Gasteiger partial charge in [-0.05, 0) is 67.9 Å². The minimum Gasteiger partial charge on any atom is -0.369 e. The lowest BCUT2D eigenvalue weighted by Crippen LogP contribution is -2.63. The molecule has 4 bridgehead atoms. The van der Waals surface area contributed by atoms with E-state index in [2.05, 4.69) is 5.32 Å². The Hall–Kier alpha value is -2.13. The summed E-state index contributed by atoms with van der Waals surface area (Å²) in [6.07, 6.45) is 4.38. The Morgan fingerprint density at radius 1 is 1.09 bits per heavy atom. The van der Waals surface area contributed by atoms with E-state index in [1.54, 1.807) is 12.1 Å². The molecule has 1 aromatic rings. The van der Waals surface area contributed by atoms with Crippen LogP contribution >= 0.6 is 0 Å². The Morgan fingerprint density at radius 3 is 2.38 bits per heavy atom. The fourth-order valence-corrected chi connectivity index (χ4v) is 8.78. The maximum Gasteiger partial charge on any atom is 0.304 e. The third-order valence-corrected chi connectivity index (χ3v) is 9.93. The predicted octanol–water partition coefficient (Wildman–Crippen LogP) is 1.49. The van der Waals surface area contributed by atoms with E-state index in [0.717, 1.165) is 32.1 Å². The number of carbonyl (C=O) groups excluding carboxylic acids is 2. The first-order valence-electron chi connectivity index (χ1n) is 11.6. The molecule has 9 heteroatoms. The van der Waals surface area contributed by atoms with E-state index in [4.69, 9.17) is 5.73 Å². The van der Waals surface area contributed by atoms with Gasteiger partial charge < -0.3 is 11.1 Å². The van der Waals surface area contributed by atoms with Crippen LogP contribution in [0.4, 0.5) is 5.69 Å². The number of nitrogens with zero attached hydrogens (tertiary/aromatic N) is 2. The number of primary amides is 1. The average Bonchev–Trinajstić information content (AvgIpc) is 2.73. The molecule has 5 fully saturated rings. The highest BCUT2D eigenvalue weighted by Gasteiger charge is 2.58. The summed E-state index contributed by atoms with van der Waals surface area (Å²) in [4.78, 5) is 25.2. The highest BCUT2D eigenvalue weighted by Crippen LogP contribution is 2.59. The molecule has 1 saturated heterocycles. The molecule has 0 aromatic heterocycles. The SMILES string of the molecule is CC1CN(CC(=O)NC2C3CC4CC2CC(C(N)=O)(C4)C3)S(=O)(=O)N(c2ccccc2)C1. The summed E-state index contributed by atoms with van der Waals surface area (Å²) in [5.74, 6) is 0.641. The number of benzene rings is 1. The zero-order valence-electron chi connectivity index (χ0n) is 18.4. The molecule has 2 amide bonds. The van der Waals surface area contributed by atoms with Gasteiger partial charge >= 0.3 is 10.2 Å². The molecule has 3 unspecified atom stereocenters. The molecule has 4 aliphatic carbocycles. The monoisotopic (exact) mass is 460 g/mol. The van der Waals surface area contributed by atoms with E-state index in [1.807, 2.05) is 25.1 Å². The van der Waals surface area contributed by atoms with Crippen molar-refractivity contribution < 1.29 is 18.0 Å². The van der Waals surface area contributed by atoms with Crippen LogP contribution in [-0.4, -0.2) is 50.2 Å². The van der Waals surface area contributed by atoms with Crippen LogP contribution in [0.15, 0.2) is 30.3 Å². The summed E-state index contributed by atoms with van der Waals surface area (Å²) in [5.41, 5.74) is 5.97. The number of amides is 2. The van der Waals surface area contributed by atoms with E-state index < -0.39 is 15.6 Å². The second-order valence-electron chi connectivity index (χ2n) is 10.5. The minimum absolute atomic E-state index is 0.00155. The van der Waals surface area contributed by atoms with Crippen molar-refractivity contribution in [1.82, 2.24) is 9.62 Å². The molecule has 0 spiro atoms. The predicted molar refractivity (Wildman–Crippen MR) is 121 cm³/mol. The molecule has 174 valence electrons. The van der Waals surface area contributed by atoms with Crippen LogP contribution < -0.4 is 15.4 Å². The Bertz CT molecular complexity index is 998. The number of carbonyl (C=O) groups is 2. The van der Waals surface area contributed by atoms with Gasteiger partial charge in [-0.15, -0.1) is 0 Å². The Morgan fingerprint density at radius 2 is 1.75 bits per heavy atom. The average molecular weight is 461 g/mol. The molecule has 8 nitrogen and oxygen atoms in total. The molecule has 4 saturated carbocycles. The summed E-state index contributed by atoms with van der Waals surface area (Å²) in [5, 5.41) is 3.16. The molecular weight excluding hydrogens is 428 g/mol. The van der Waals surface area contributed by atoms with Crippen molar-refractivity contribution >= 4 is 27.7 Å². The van der Waals surface area contributed by atoms with Crippen LogP contribution in [-0.2, 0) is 19.8 Å². The van der Waals surface area contributed by atoms with Crippen molar-refractivity contribution in [3.8, 4) is 0 Å². The van der Waals surface area contributed by atoms with Crippen molar-refractivity contribution in [2.45, 2.75) is 45.1 Å². The first-order chi connectivity index (χ1) is 15.2. The summed E-state index contributed by atoms with van der Waals surface area (Å²) in [7, 11) is -3.78. The molecule has 0 radical (unpaired) electrons. The van der Waals surface area contributed by atoms with Crippen LogP contribution in [0.25, 0.3) is 0 Å². The summed E-state index contributed by atoms with van der Waals surface area (Å²) >= 11 is 0. The molecule has 3 atom stereocenters. The number of rotatable bonds is 5. The van der Waals surface area contributed by atoms with Gasteiger partial charge in [-0.25, -0.2) is 0 Å². The van der Waals surface area contributed by atoms with Crippen LogP contribution in [0.1, 0.15) is 39.0 Å². The fourth-order valence-electron chi connectivity index (χ4n) is 6.95. The second-order valence-corrected chi connectivity index (χ2v) is 12.3. The highest BCUT2D eigenvalue weighted by atomic mass is 32.2. The van der Waals surface area contributed by atoms with Crippen molar-refractivity contribution in [2.24, 2.45) is 34.8 Å². The Kier molecular flexibility index (Phi) is 5.24. The third kappa shape index (κ3) is 3.59. The van der Waals surface area contributed by atoms with E-state index in [1.165, 1.54) is 8.61 Å². The third-order valence-electron chi connectivity index (χ3n) is 8.09. The van der Waals surface area contributed by atoms with Crippen LogP contribution in [0, 0.1) is 29.1 Å². The molecule has 1 heterocycles. The van der Waals surface area contributed by atoms with Gasteiger partial charge in [-0.1, -0.05) is 25.1 Å².